The Morgan fingerprint density at radius 2 is 1.86 bits per heavy atom. The summed E-state index contributed by atoms with van der Waals surface area (Å²) in [4.78, 5) is 37.8. The van der Waals surface area contributed by atoms with Gasteiger partial charge in [0.25, 0.3) is 0 Å². The van der Waals surface area contributed by atoms with E-state index in [9.17, 15) is 19.5 Å². The van der Waals surface area contributed by atoms with Crippen LogP contribution in [0.15, 0.2) is 24.3 Å². The average Bonchev–Trinajstić information content (AvgIpc) is 2.80. The number of ether oxygens (including phenoxy) is 2. The van der Waals surface area contributed by atoms with Gasteiger partial charge in [-0.25, -0.2) is 9.59 Å². The predicted octanol–water partition coefficient (Wildman–Crippen LogP) is 1.81. The number of rotatable bonds is 6. The fraction of sp³-hybridized carbons (Fsp3) is 0.654. The van der Waals surface area contributed by atoms with Gasteiger partial charge in [-0.15, -0.1) is 0 Å². The lowest BCUT2D eigenvalue weighted by molar-refractivity contribution is -0.139. The maximum atomic E-state index is 13.3. The van der Waals surface area contributed by atoms with Crippen LogP contribution in [0.3, 0.4) is 0 Å². The van der Waals surface area contributed by atoms with Gasteiger partial charge in [-0.3, -0.25) is 4.79 Å². The fourth-order valence-electron chi connectivity index (χ4n) is 4.45. The molecule has 1 aromatic carbocycles. The minimum atomic E-state index is -1.11. The number of amides is 3. The molecule has 4 rings (SSSR count). The van der Waals surface area contributed by atoms with E-state index >= 15 is 0 Å². The summed E-state index contributed by atoms with van der Waals surface area (Å²) in [6, 6.07) is 4.62. The third kappa shape index (κ3) is 8.67. The first kappa shape index (κ1) is 27.7. The van der Waals surface area contributed by atoms with Crippen LogP contribution in [0.5, 0.6) is 5.75 Å². The first-order valence-corrected chi connectivity index (χ1v) is 12.9. The topological polar surface area (TPSA) is 152 Å². The maximum absolute atomic E-state index is 13.3. The van der Waals surface area contributed by atoms with Crippen molar-refractivity contribution in [2.24, 2.45) is 17.6 Å². The third-order valence-corrected chi connectivity index (χ3v) is 6.81. The van der Waals surface area contributed by atoms with Gasteiger partial charge in [-0.2, -0.15) is 0 Å². The fourth-order valence-corrected chi connectivity index (χ4v) is 4.45. The van der Waals surface area contributed by atoms with Crippen LogP contribution in [0.4, 0.5) is 4.79 Å². The molecule has 1 aromatic rings. The second-order valence-corrected chi connectivity index (χ2v) is 10.2. The molecule has 10 heteroatoms. The van der Waals surface area contributed by atoms with Crippen LogP contribution in [0.1, 0.15) is 51.5 Å². The molecule has 6 N–H and O–H groups in total. The number of nitrogens with one attached hydrogen (secondary N) is 3. The molecule has 2 bridgehead atoms. The molecule has 1 fully saturated rings. The van der Waals surface area contributed by atoms with Crippen molar-refractivity contribution in [1.82, 2.24) is 16.0 Å². The maximum Gasteiger partial charge on any atom is 0.326 e. The Morgan fingerprint density at radius 1 is 1.17 bits per heavy atom. The van der Waals surface area contributed by atoms with Crippen LogP contribution < -0.4 is 26.4 Å². The monoisotopic (exact) mass is 504 g/mol. The molecule has 1 saturated carbocycles. The summed E-state index contributed by atoms with van der Waals surface area (Å²) >= 11 is 0. The Bertz CT molecular complexity index is 872. The molecule has 0 saturated heterocycles. The molecule has 3 aliphatic rings. The number of fused-ring (bicyclic) bond motifs is 13. The molecule has 2 aliphatic heterocycles. The Balaban J connectivity index is 1.71. The van der Waals surface area contributed by atoms with Crippen molar-refractivity contribution < 1.29 is 29.0 Å². The molecule has 36 heavy (non-hydrogen) atoms. The van der Waals surface area contributed by atoms with Crippen molar-refractivity contribution in [3.8, 4) is 5.75 Å². The number of nitrogens with two attached hydrogens (primary N) is 1. The van der Waals surface area contributed by atoms with Gasteiger partial charge in [-0.05, 0) is 61.6 Å². The van der Waals surface area contributed by atoms with E-state index in [1.165, 1.54) is 0 Å². The highest BCUT2D eigenvalue weighted by Crippen LogP contribution is 2.29. The number of carboxylic acid groups (broad SMARTS) is 1. The molecule has 3 amide bonds. The molecule has 10 nitrogen and oxygen atoms in total. The molecule has 1 aliphatic carbocycles. The standard InChI is InChI=1S/C26H40N4O6/c1-16(2)23-15-35-9-3-4-10-36-20-7-5-17(6-8-20)13-21(24(31)28-23)29-26(34)30-22(25(32)33)14-18-11-19(27)12-18/h5-8,16,18-19,21-23H,3-4,9-15,27H2,1-2H3,(H,28,31)(H,32,33)(H2,29,30,34)/t18-,19-,21-,22+,23-/m1/s1. The van der Waals surface area contributed by atoms with Crippen LogP contribution in [0, 0.1) is 11.8 Å². The van der Waals surface area contributed by atoms with Crippen LogP contribution >= 0.6 is 0 Å². The summed E-state index contributed by atoms with van der Waals surface area (Å²) in [5, 5.41) is 17.8. The van der Waals surface area contributed by atoms with Crippen molar-refractivity contribution in [3.63, 3.8) is 0 Å². The number of carboxylic acids is 1. The van der Waals surface area contributed by atoms with Crippen molar-refractivity contribution in [2.75, 3.05) is 19.8 Å². The second-order valence-electron chi connectivity index (χ2n) is 10.2. The first-order chi connectivity index (χ1) is 17.2. The normalized spacial score (nSPS) is 26.3. The predicted molar refractivity (Wildman–Crippen MR) is 135 cm³/mol. The SMILES string of the molecule is CC(C)[C@H]1COCCCCOc2ccc(cc2)C[C@@H](NC(=O)N[C@@H](C[C@H]2C[C@H](N)C2)C(=O)O)C(=O)N1. The van der Waals surface area contributed by atoms with Crippen LogP contribution in [-0.4, -0.2) is 67.0 Å². The smallest absolute Gasteiger partial charge is 0.326 e. The Labute approximate surface area is 212 Å². The van der Waals surface area contributed by atoms with Crippen molar-refractivity contribution >= 4 is 17.9 Å². The van der Waals surface area contributed by atoms with Crippen LogP contribution in [-0.2, 0) is 20.7 Å². The van der Waals surface area contributed by atoms with E-state index in [1.807, 2.05) is 38.1 Å². The molecule has 0 spiro atoms. The second kappa shape index (κ2) is 13.5. The van der Waals surface area contributed by atoms with E-state index in [2.05, 4.69) is 16.0 Å². The van der Waals surface area contributed by atoms with E-state index < -0.39 is 24.1 Å². The van der Waals surface area contributed by atoms with Gasteiger partial charge in [0.15, 0.2) is 0 Å². The lowest BCUT2D eigenvalue weighted by atomic mass is 9.77. The molecule has 3 atom stereocenters. The minimum Gasteiger partial charge on any atom is -0.494 e. The summed E-state index contributed by atoms with van der Waals surface area (Å²) in [6.07, 6.45) is 3.75. The number of carbonyl (C=O) groups excluding carboxylic acids is 2. The number of hydrogen-bond donors (Lipinski definition) is 5. The van der Waals surface area contributed by atoms with Gasteiger partial charge in [-0.1, -0.05) is 26.0 Å². The lowest BCUT2D eigenvalue weighted by Gasteiger charge is -2.34. The lowest BCUT2D eigenvalue weighted by Crippen LogP contribution is -2.56. The van der Waals surface area contributed by atoms with Crippen LogP contribution in [0.2, 0.25) is 0 Å². The number of urea groups is 1. The molecule has 200 valence electrons. The van der Waals surface area contributed by atoms with Crippen LogP contribution in [0.25, 0.3) is 0 Å². The first-order valence-electron chi connectivity index (χ1n) is 12.9. The van der Waals surface area contributed by atoms with E-state index in [-0.39, 0.29) is 36.2 Å². The molecular formula is C26H40N4O6. The van der Waals surface area contributed by atoms with E-state index in [1.54, 1.807) is 0 Å². The quantitative estimate of drug-likeness (QED) is 0.396. The van der Waals surface area contributed by atoms with Gasteiger partial charge >= 0.3 is 12.0 Å². The highest BCUT2D eigenvalue weighted by molar-refractivity contribution is 5.89. The number of carbonyl (C=O) groups is 3. The van der Waals surface area contributed by atoms with E-state index in [0.717, 1.165) is 37.0 Å². The minimum absolute atomic E-state index is 0.0926. The van der Waals surface area contributed by atoms with Gasteiger partial charge < -0.3 is 36.3 Å². The van der Waals surface area contributed by atoms with Gasteiger partial charge in [0.05, 0.1) is 19.3 Å². The molecule has 2 heterocycles. The van der Waals surface area contributed by atoms with Gasteiger partial charge in [0.1, 0.15) is 17.8 Å². The highest BCUT2D eigenvalue weighted by Gasteiger charge is 2.33. The number of benzene rings is 1. The Hall–Kier alpha value is -2.85. The summed E-state index contributed by atoms with van der Waals surface area (Å²) in [6.45, 7) is 5.51. The highest BCUT2D eigenvalue weighted by atomic mass is 16.5. The summed E-state index contributed by atoms with van der Waals surface area (Å²) < 4.78 is 11.6. The number of hydrogen-bond acceptors (Lipinski definition) is 6. The van der Waals surface area contributed by atoms with Gasteiger partial charge in [0, 0.05) is 19.1 Å². The van der Waals surface area contributed by atoms with Crippen molar-refractivity contribution in [1.29, 1.82) is 0 Å². The van der Waals surface area contributed by atoms with E-state index in [4.69, 9.17) is 15.2 Å². The average molecular weight is 505 g/mol. The zero-order valence-corrected chi connectivity index (χ0v) is 21.2. The summed E-state index contributed by atoms with van der Waals surface area (Å²) in [5.74, 6) is -0.439. The number of aliphatic carboxylic acids is 1. The van der Waals surface area contributed by atoms with Crippen molar-refractivity contribution in [2.45, 2.75) is 76.5 Å². The summed E-state index contributed by atoms with van der Waals surface area (Å²) in [5.41, 5.74) is 6.65. The molecule has 0 aromatic heterocycles. The Kier molecular flexibility index (Phi) is 10.4. The van der Waals surface area contributed by atoms with E-state index in [0.29, 0.717) is 26.2 Å². The zero-order chi connectivity index (χ0) is 26.1. The zero-order valence-electron chi connectivity index (χ0n) is 21.2. The molecular weight excluding hydrogens is 464 g/mol. The van der Waals surface area contributed by atoms with Crippen molar-refractivity contribution in [3.05, 3.63) is 29.8 Å². The van der Waals surface area contributed by atoms with Gasteiger partial charge in [0.2, 0.25) is 5.91 Å². The molecule has 0 radical (unpaired) electrons. The Morgan fingerprint density at radius 3 is 2.50 bits per heavy atom. The largest absolute Gasteiger partial charge is 0.494 e. The summed E-state index contributed by atoms with van der Waals surface area (Å²) in [7, 11) is 0. The molecule has 0 unspecified atom stereocenters. The third-order valence-electron chi connectivity index (χ3n) is 6.81.